The summed E-state index contributed by atoms with van der Waals surface area (Å²) in [4.78, 5) is 12.9. The molecule has 2 heterocycles. The molecule has 0 aliphatic carbocycles. The molecule has 168 valence electrons. The van der Waals surface area contributed by atoms with E-state index < -0.39 is 15.9 Å². The Morgan fingerprint density at radius 3 is 2.62 bits per heavy atom. The molecule has 1 aliphatic heterocycles. The molecule has 1 amide bonds. The lowest BCUT2D eigenvalue weighted by Crippen LogP contribution is -2.29. The van der Waals surface area contributed by atoms with Crippen molar-refractivity contribution in [1.82, 2.24) is 5.32 Å². The van der Waals surface area contributed by atoms with E-state index in [0.29, 0.717) is 29.5 Å². The molecule has 1 N–H and O–H groups in total. The first-order valence-corrected chi connectivity index (χ1v) is 12.2. The van der Waals surface area contributed by atoms with Gasteiger partial charge in [-0.1, -0.05) is 6.07 Å². The molecule has 0 atom stereocenters. The van der Waals surface area contributed by atoms with Gasteiger partial charge < -0.3 is 19.5 Å². The van der Waals surface area contributed by atoms with Crippen molar-refractivity contribution in [2.75, 3.05) is 24.8 Å². The molecular formula is C22H22N2O6S2. The van der Waals surface area contributed by atoms with E-state index in [0.717, 1.165) is 21.2 Å². The number of sulfonamides is 1. The maximum atomic E-state index is 13.2. The molecule has 1 aromatic heterocycles. The van der Waals surface area contributed by atoms with Gasteiger partial charge in [-0.3, -0.25) is 9.10 Å². The molecule has 32 heavy (non-hydrogen) atoms. The Morgan fingerprint density at radius 2 is 1.88 bits per heavy atom. The summed E-state index contributed by atoms with van der Waals surface area (Å²) < 4.78 is 43.6. The third-order valence-corrected chi connectivity index (χ3v) is 7.75. The zero-order valence-electron chi connectivity index (χ0n) is 17.5. The predicted octanol–water partition coefficient (Wildman–Crippen LogP) is 3.63. The average Bonchev–Trinajstić information content (AvgIpc) is 3.47. The van der Waals surface area contributed by atoms with Gasteiger partial charge in [-0.15, -0.1) is 11.3 Å². The largest absolute Gasteiger partial charge is 0.494 e. The number of benzene rings is 2. The van der Waals surface area contributed by atoms with Crippen molar-refractivity contribution in [3.05, 3.63) is 64.4 Å². The van der Waals surface area contributed by atoms with Crippen LogP contribution in [0.3, 0.4) is 0 Å². The van der Waals surface area contributed by atoms with Gasteiger partial charge >= 0.3 is 0 Å². The van der Waals surface area contributed by atoms with Crippen LogP contribution in [0.15, 0.2) is 58.8 Å². The minimum absolute atomic E-state index is 0.0397. The summed E-state index contributed by atoms with van der Waals surface area (Å²) in [5, 5.41) is 4.37. The molecule has 0 bridgehead atoms. The van der Waals surface area contributed by atoms with Crippen LogP contribution in [0.5, 0.6) is 17.2 Å². The van der Waals surface area contributed by atoms with E-state index in [9.17, 15) is 13.2 Å². The third kappa shape index (κ3) is 4.37. The normalized spacial score (nSPS) is 12.4. The van der Waals surface area contributed by atoms with Crippen molar-refractivity contribution < 1.29 is 27.4 Å². The highest BCUT2D eigenvalue weighted by Gasteiger charge is 2.28. The topological polar surface area (TPSA) is 94.2 Å². The van der Waals surface area contributed by atoms with E-state index in [-0.39, 0.29) is 23.1 Å². The lowest BCUT2D eigenvalue weighted by Gasteiger charge is -2.20. The van der Waals surface area contributed by atoms with Crippen LogP contribution in [-0.4, -0.2) is 34.8 Å². The Morgan fingerprint density at radius 1 is 1.12 bits per heavy atom. The number of thiophene rings is 1. The van der Waals surface area contributed by atoms with Gasteiger partial charge in [0.15, 0.2) is 11.5 Å². The van der Waals surface area contributed by atoms with E-state index in [2.05, 4.69) is 5.32 Å². The molecule has 0 saturated heterocycles. The predicted molar refractivity (Wildman–Crippen MR) is 121 cm³/mol. The van der Waals surface area contributed by atoms with Crippen molar-refractivity contribution in [2.45, 2.75) is 18.4 Å². The lowest BCUT2D eigenvalue weighted by molar-refractivity contribution is 0.0952. The molecule has 8 nitrogen and oxygen atoms in total. The third-order valence-electron chi connectivity index (χ3n) is 4.88. The lowest BCUT2D eigenvalue weighted by atomic mass is 10.2. The second-order valence-corrected chi connectivity index (χ2v) is 9.74. The second kappa shape index (κ2) is 9.09. The number of carbonyl (C=O) groups excluding carboxylic acids is 1. The summed E-state index contributed by atoms with van der Waals surface area (Å²) in [6.45, 7) is 2.79. The van der Waals surface area contributed by atoms with Crippen LogP contribution in [0.4, 0.5) is 5.69 Å². The van der Waals surface area contributed by atoms with E-state index >= 15 is 0 Å². The molecule has 0 unspecified atom stereocenters. The Bertz CT molecular complexity index is 1220. The minimum Gasteiger partial charge on any atom is -0.494 e. The fourth-order valence-electron chi connectivity index (χ4n) is 3.18. The highest BCUT2D eigenvalue weighted by molar-refractivity contribution is 7.93. The molecule has 2 aromatic carbocycles. The SMILES string of the molecule is CCOc1ccc(N(C)S(=O)(=O)c2ccsc2C(=O)NCc2ccc3c(c2)OCO3)cc1. The maximum Gasteiger partial charge on any atom is 0.265 e. The van der Waals surface area contributed by atoms with Gasteiger partial charge in [0.2, 0.25) is 6.79 Å². The number of anilines is 1. The quantitative estimate of drug-likeness (QED) is 0.536. The zero-order chi connectivity index (χ0) is 22.7. The first-order valence-electron chi connectivity index (χ1n) is 9.86. The van der Waals surface area contributed by atoms with Crippen LogP contribution < -0.4 is 23.8 Å². The number of hydrogen-bond acceptors (Lipinski definition) is 7. The minimum atomic E-state index is -3.93. The van der Waals surface area contributed by atoms with Gasteiger partial charge in [0.05, 0.1) is 12.3 Å². The summed E-state index contributed by atoms with van der Waals surface area (Å²) >= 11 is 1.08. The zero-order valence-corrected chi connectivity index (χ0v) is 19.2. The Labute approximate surface area is 190 Å². The second-order valence-electron chi connectivity index (χ2n) is 6.88. The van der Waals surface area contributed by atoms with Gasteiger partial charge in [0.1, 0.15) is 15.5 Å². The molecule has 0 radical (unpaired) electrons. The summed E-state index contributed by atoms with van der Waals surface area (Å²) in [6.07, 6.45) is 0. The average molecular weight is 475 g/mol. The van der Waals surface area contributed by atoms with Crippen LogP contribution in [0.2, 0.25) is 0 Å². The van der Waals surface area contributed by atoms with Crippen LogP contribution in [0, 0.1) is 0 Å². The monoisotopic (exact) mass is 474 g/mol. The van der Waals surface area contributed by atoms with Gasteiger partial charge in [-0.05, 0) is 60.3 Å². The number of hydrogen-bond donors (Lipinski definition) is 1. The Hall–Kier alpha value is -3.24. The van der Waals surface area contributed by atoms with Crippen molar-refractivity contribution in [1.29, 1.82) is 0 Å². The van der Waals surface area contributed by atoms with Crippen LogP contribution in [0.25, 0.3) is 0 Å². The summed E-state index contributed by atoms with van der Waals surface area (Å²) in [7, 11) is -2.48. The first-order chi connectivity index (χ1) is 15.4. The first kappa shape index (κ1) is 22.0. The number of rotatable bonds is 8. The van der Waals surface area contributed by atoms with Crippen molar-refractivity contribution in [3.8, 4) is 17.2 Å². The Kier molecular flexibility index (Phi) is 6.24. The summed E-state index contributed by atoms with van der Waals surface area (Å²) in [5.74, 6) is 1.47. The molecule has 0 saturated carbocycles. The molecule has 1 aliphatic rings. The van der Waals surface area contributed by atoms with E-state index in [4.69, 9.17) is 14.2 Å². The van der Waals surface area contributed by atoms with E-state index in [1.54, 1.807) is 41.8 Å². The molecule has 3 aromatic rings. The number of carbonyl (C=O) groups is 1. The molecule has 0 spiro atoms. The van der Waals surface area contributed by atoms with Crippen molar-refractivity contribution in [2.24, 2.45) is 0 Å². The number of nitrogens with zero attached hydrogens (tertiary/aromatic N) is 1. The molecule has 10 heteroatoms. The van der Waals surface area contributed by atoms with E-state index in [1.807, 2.05) is 13.0 Å². The van der Waals surface area contributed by atoms with Gasteiger partial charge in [0, 0.05) is 13.6 Å². The number of amides is 1. The fraction of sp³-hybridized carbons (Fsp3) is 0.227. The van der Waals surface area contributed by atoms with Crippen LogP contribution in [-0.2, 0) is 16.6 Å². The van der Waals surface area contributed by atoms with Gasteiger partial charge in [-0.2, -0.15) is 0 Å². The number of nitrogens with one attached hydrogen (secondary N) is 1. The number of ether oxygens (including phenoxy) is 3. The van der Waals surface area contributed by atoms with Crippen molar-refractivity contribution >= 4 is 33.0 Å². The van der Waals surface area contributed by atoms with Gasteiger partial charge in [0.25, 0.3) is 15.9 Å². The maximum absolute atomic E-state index is 13.2. The summed E-state index contributed by atoms with van der Waals surface area (Å²) in [6, 6.07) is 13.6. The standard InChI is InChI=1S/C22H22N2O6S2/c1-3-28-17-7-5-16(6-8-17)24(2)32(26,27)20-10-11-31-21(20)22(25)23-13-15-4-9-18-19(12-15)30-14-29-18/h4-12H,3,13-14H2,1-2H3,(H,23,25). The summed E-state index contributed by atoms with van der Waals surface area (Å²) in [5.41, 5.74) is 1.28. The van der Waals surface area contributed by atoms with Crippen LogP contribution in [0.1, 0.15) is 22.2 Å². The molecule has 0 fully saturated rings. The smallest absolute Gasteiger partial charge is 0.265 e. The van der Waals surface area contributed by atoms with Gasteiger partial charge in [-0.25, -0.2) is 8.42 Å². The number of fused-ring (bicyclic) bond motifs is 1. The van der Waals surface area contributed by atoms with Crippen molar-refractivity contribution in [3.63, 3.8) is 0 Å². The fourth-order valence-corrected chi connectivity index (χ4v) is 5.70. The highest BCUT2D eigenvalue weighted by Crippen LogP contribution is 2.33. The molecule has 4 rings (SSSR count). The highest BCUT2D eigenvalue weighted by atomic mass is 32.2. The Balaban J connectivity index is 1.49. The van der Waals surface area contributed by atoms with E-state index in [1.165, 1.54) is 13.1 Å². The van der Waals surface area contributed by atoms with Crippen LogP contribution >= 0.6 is 11.3 Å². The molecular weight excluding hydrogens is 452 g/mol.